The number of hydrogen-bond donors (Lipinski definition) is 1. The molecule has 90 valence electrons. The van der Waals surface area contributed by atoms with Gasteiger partial charge in [-0.3, -0.25) is 4.68 Å². The van der Waals surface area contributed by atoms with Crippen LogP contribution < -0.4 is 5.73 Å². The Balaban J connectivity index is 2.27. The Morgan fingerprint density at radius 2 is 2.00 bits per heavy atom. The molecule has 0 radical (unpaired) electrons. The highest BCUT2D eigenvalue weighted by atomic mass is 15.2. The van der Waals surface area contributed by atoms with Gasteiger partial charge in [0.25, 0.3) is 0 Å². The minimum absolute atomic E-state index is 0.749. The minimum Gasteiger partial charge on any atom is -0.398 e. The zero-order valence-corrected chi connectivity index (χ0v) is 10.4. The van der Waals surface area contributed by atoms with Gasteiger partial charge >= 0.3 is 0 Å². The number of pyridine rings is 1. The number of benzene rings is 1. The fourth-order valence-electron chi connectivity index (χ4n) is 2.19. The maximum Gasteiger partial charge on any atom is 0.0764 e. The van der Waals surface area contributed by atoms with Gasteiger partial charge in [0.1, 0.15) is 0 Å². The van der Waals surface area contributed by atoms with Gasteiger partial charge in [0.15, 0.2) is 0 Å². The highest BCUT2D eigenvalue weighted by Crippen LogP contribution is 2.27. The molecule has 0 unspecified atom stereocenters. The van der Waals surface area contributed by atoms with Crippen LogP contribution in [0.25, 0.3) is 22.2 Å². The lowest BCUT2D eigenvalue weighted by atomic mass is 10.1. The van der Waals surface area contributed by atoms with Crippen molar-refractivity contribution in [2.45, 2.75) is 6.92 Å². The van der Waals surface area contributed by atoms with Crippen molar-refractivity contribution in [3.05, 3.63) is 42.2 Å². The normalized spacial score (nSPS) is 11.0. The van der Waals surface area contributed by atoms with Crippen LogP contribution in [0.3, 0.4) is 0 Å². The SMILES string of the molecule is Cc1nn(C)cc1-c1cc(N)c2ccccc2n1. The average molecular weight is 238 g/mol. The van der Waals surface area contributed by atoms with E-state index >= 15 is 0 Å². The number of fused-ring (bicyclic) bond motifs is 1. The quantitative estimate of drug-likeness (QED) is 0.708. The van der Waals surface area contributed by atoms with Crippen LogP contribution in [0, 0.1) is 6.92 Å². The summed E-state index contributed by atoms with van der Waals surface area (Å²) in [5.41, 5.74) is 10.6. The van der Waals surface area contributed by atoms with E-state index in [9.17, 15) is 0 Å². The zero-order chi connectivity index (χ0) is 12.7. The molecule has 0 aliphatic rings. The fourth-order valence-corrected chi connectivity index (χ4v) is 2.19. The van der Waals surface area contributed by atoms with E-state index in [4.69, 9.17) is 5.73 Å². The summed E-state index contributed by atoms with van der Waals surface area (Å²) in [6.07, 6.45) is 1.96. The smallest absolute Gasteiger partial charge is 0.0764 e. The number of rotatable bonds is 1. The molecule has 0 bridgehead atoms. The Bertz CT molecular complexity index is 728. The topological polar surface area (TPSA) is 56.7 Å². The third-order valence-electron chi connectivity index (χ3n) is 3.04. The van der Waals surface area contributed by atoms with E-state index in [-0.39, 0.29) is 0 Å². The van der Waals surface area contributed by atoms with E-state index in [0.717, 1.165) is 33.5 Å². The summed E-state index contributed by atoms with van der Waals surface area (Å²) in [6, 6.07) is 9.80. The van der Waals surface area contributed by atoms with Crippen LogP contribution in [0.5, 0.6) is 0 Å². The van der Waals surface area contributed by atoms with Crippen LogP contribution in [-0.4, -0.2) is 14.8 Å². The van der Waals surface area contributed by atoms with Gasteiger partial charge < -0.3 is 5.73 Å². The Kier molecular flexibility index (Phi) is 2.30. The van der Waals surface area contributed by atoms with E-state index in [1.165, 1.54) is 0 Å². The monoisotopic (exact) mass is 238 g/mol. The lowest BCUT2D eigenvalue weighted by Crippen LogP contribution is -1.92. The molecule has 0 saturated carbocycles. The first-order valence-corrected chi connectivity index (χ1v) is 5.81. The molecule has 0 fully saturated rings. The highest BCUT2D eigenvalue weighted by molar-refractivity contribution is 5.92. The van der Waals surface area contributed by atoms with Gasteiger partial charge in [-0.15, -0.1) is 0 Å². The standard InChI is InChI=1S/C14H14N4/c1-9-11(8-18(2)17-9)14-7-12(15)10-5-3-4-6-13(10)16-14/h3-8H,1-2H3,(H2,15,16). The molecule has 0 aliphatic carbocycles. The van der Waals surface area contributed by atoms with Crippen molar-refractivity contribution in [2.24, 2.45) is 7.05 Å². The second-order valence-corrected chi connectivity index (χ2v) is 4.42. The molecule has 2 heterocycles. The molecule has 0 aliphatic heterocycles. The van der Waals surface area contributed by atoms with Crippen LogP contribution in [0.1, 0.15) is 5.69 Å². The maximum absolute atomic E-state index is 6.08. The highest BCUT2D eigenvalue weighted by Gasteiger charge is 2.10. The number of anilines is 1. The summed E-state index contributed by atoms with van der Waals surface area (Å²) >= 11 is 0. The zero-order valence-electron chi connectivity index (χ0n) is 10.4. The van der Waals surface area contributed by atoms with Crippen molar-refractivity contribution in [3.8, 4) is 11.3 Å². The van der Waals surface area contributed by atoms with E-state index in [1.807, 2.05) is 50.5 Å². The molecule has 2 N–H and O–H groups in total. The Hall–Kier alpha value is -2.36. The summed E-state index contributed by atoms with van der Waals surface area (Å²) < 4.78 is 1.79. The van der Waals surface area contributed by atoms with Crippen molar-refractivity contribution in [1.82, 2.24) is 14.8 Å². The Labute approximate surface area is 105 Å². The summed E-state index contributed by atoms with van der Waals surface area (Å²) in [5.74, 6) is 0. The lowest BCUT2D eigenvalue weighted by Gasteiger charge is -2.05. The molecule has 1 aromatic carbocycles. The Morgan fingerprint density at radius 3 is 2.72 bits per heavy atom. The molecule has 2 aromatic heterocycles. The molecule has 0 saturated heterocycles. The van der Waals surface area contributed by atoms with Crippen molar-refractivity contribution in [3.63, 3.8) is 0 Å². The molecular weight excluding hydrogens is 224 g/mol. The van der Waals surface area contributed by atoms with Crippen molar-refractivity contribution < 1.29 is 0 Å². The molecule has 0 spiro atoms. The largest absolute Gasteiger partial charge is 0.398 e. The number of nitrogen functional groups attached to an aromatic ring is 1. The molecule has 18 heavy (non-hydrogen) atoms. The molecule has 4 nitrogen and oxygen atoms in total. The van der Waals surface area contributed by atoms with Gasteiger partial charge in [-0.1, -0.05) is 18.2 Å². The first-order valence-electron chi connectivity index (χ1n) is 5.81. The number of aromatic nitrogens is 3. The first kappa shape index (κ1) is 10.8. The number of nitrogens with zero attached hydrogens (tertiary/aromatic N) is 3. The summed E-state index contributed by atoms with van der Waals surface area (Å²) in [6.45, 7) is 1.97. The third kappa shape index (κ3) is 1.62. The van der Waals surface area contributed by atoms with Crippen molar-refractivity contribution in [2.75, 3.05) is 5.73 Å². The van der Waals surface area contributed by atoms with E-state index in [1.54, 1.807) is 4.68 Å². The van der Waals surface area contributed by atoms with Crippen LogP contribution in [0.4, 0.5) is 5.69 Å². The van der Waals surface area contributed by atoms with Gasteiger partial charge in [-0.05, 0) is 19.1 Å². The van der Waals surface area contributed by atoms with Crippen LogP contribution in [0.2, 0.25) is 0 Å². The van der Waals surface area contributed by atoms with E-state index in [0.29, 0.717) is 0 Å². The molecule has 0 amide bonds. The predicted molar refractivity (Wildman–Crippen MR) is 73.1 cm³/mol. The van der Waals surface area contributed by atoms with Crippen LogP contribution in [-0.2, 0) is 7.05 Å². The fraction of sp³-hybridized carbons (Fsp3) is 0.143. The van der Waals surface area contributed by atoms with Crippen LogP contribution in [0.15, 0.2) is 36.5 Å². The first-order chi connectivity index (χ1) is 8.65. The second kappa shape index (κ2) is 3.84. The number of hydrogen-bond acceptors (Lipinski definition) is 3. The molecule has 3 aromatic rings. The molecule has 3 rings (SSSR count). The number of nitrogens with two attached hydrogens (primary N) is 1. The average Bonchev–Trinajstić information content (AvgIpc) is 2.68. The summed E-state index contributed by atoms with van der Waals surface area (Å²) in [4.78, 5) is 4.65. The minimum atomic E-state index is 0.749. The Morgan fingerprint density at radius 1 is 1.22 bits per heavy atom. The van der Waals surface area contributed by atoms with E-state index < -0.39 is 0 Å². The van der Waals surface area contributed by atoms with Crippen LogP contribution >= 0.6 is 0 Å². The maximum atomic E-state index is 6.08. The summed E-state index contributed by atoms with van der Waals surface area (Å²) in [7, 11) is 1.90. The van der Waals surface area contributed by atoms with Gasteiger partial charge in [0.05, 0.1) is 16.9 Å². The predicted octanol–water partition coefficient (Wildman–Crippen LogP) is 2.53. The number of aryl methyl sites for hydroxylation is 2. The number of para-hydroxylation sites is 1. The molecular formula is C14H14N4. The summed E-state index contributed by atoms with van der Waals surface area (Å²) in [5, 5.41) is 5.32. The molecule has 4 heteroatoms. The van der Waals surface area contributed by atoms with Gasteiger partial charge in [-0.25, -0.2) is 4.98 Å². The van der Waals surface area contributed by atoms with Gasteiger partial charge in [0, 0.05) is 29.9 Å². The van der Waals surface area contributed by atoms with Gasteiger partial charge in [-0.2, -0.15) is 5.10 Å². The van der Waals surface area contributed by atoms with E-state index in [2.05, 4.69) is 10.1 Å². The van der Waals surface area contributed by atoms with Crippen molar-refractivity contribution in [1.29, 1.82) is 0 Å². The molecule has 0 atom stereocenters. The third-order valence-corrected chi connectivity index (χ3v) is 3.04. The second-order valence-electron chi connectivity index (χ2n) is 4.42. The van der Waals surface area contributed by atoms with Gasteiger partial charge in [0.2, 0.25) is 0 Å². The van der Waals surface area contributed by atoms with Crippen molar-refractivity contribution >= 4 is 16.6 Å². The lowest BCUT2D eigenvalue weighted by molar-refractivity contribution is 0.756.